The number of rotatable bonds is 6. The van der Waals surface area contributed by atoms with Crippen LogP contribution in [0.15, 0.2) is 33.8 Å². The van der Waals surface area contributed by atoms with E-state index in [0.29, 0.717) is 35.0 Å². The topological polar surface area (TPSA) is 115 Å². The molecule has 0 bridgehead atoms. The van der Waals surface area contributed by atoms with Crippen molar-refractivity contribution in [3.05, 3.63) is 40.1 Å². The molecule has 5 heterocycles. The molecule has 0 amide bonds. The lowest BCUT2D eigenvalue weighted by Gasteiger charge is -2.39. The largest absolute Gasteiger partial charge is 0.439 e. The predicted octanol–water partition coefficient (Wildman–Crippen LogP) is 5.46. The average Bonchev–Trinajstić information content (AvgIpc) is 3.71. The van der Waals surface area contributed by atoms with Gasteiger partial charge >= 0.3 is 5.76 Å². The molecule has 3 aliphatic rings. The van der Waals surface area contributed by atoms with Crippen LogP contribution in [0.25, 0.3) is 33.8 Å². The van der Waals surface area contributed by atoms with Gasteiger partial charge in [0.05, 0.1) is 40.5 Å². The smallest absolute Gasteiger partial charge is 0.374 e. The standard InChI is InChI=1S/C29H34ClN7O3/c1-2-17-6-8-18(9-7-17)16-37-26-21(33-28(37)36-10-11-39-24-5-3-4-23(24)36)13-22(27-34-29(38)40-35-27)32-25(26)19-12-20(30)15-31-14-19/h12-15,17-18,23-24H,2-11,16H2,1H3,(H,34,35,38)/t17?,18?,23-,24-/m1/s1. The Morgan fingerprint density at radius 3 is 2.70 bits per heavy atom. The lowest BCUT2D eigenvalue weighted by atomic mass is 9.81. The minimum atomic E-state index is -0.627. The molecule has 4 aromatic rings. The van der Waals surface area contributed by atoms with Crippen LogP contribution < -0.4 is 10.7 Å². The number of hydrogen-bond donors (Lipinski definition) is 1. The molecule has 4 aromatic heterocycles. The van der Waals surface area contributed by atoms with Gasteiger partial charge in [0.1, 0.15) is 5.69 Å². The second kappa shape index (κ2) is 10.6. The van der Waals surface area contributed by atoms with Crippen LogP contribution in [0.2, 0.25) is 5.02 Å². The van der Waals surface area contributed by atoms with Gasteiger partial charge in [0.2, 0.25) is 11.8 Å². The van der Waals surface area contributed by atoms with Gasteiger partial charge in [-0.2, -0.15) is 0 Å². The third-order valence-electron chi connectivity index (χ3n) is 9.09. The summed E-state index contributed by atoms with van der Waals surface area (Å²) in [6, 6.07) is 4.08. The van der Waals surface area contributed by atoms with E-state index in [1.165, 1.54) is 32.1 Å². The number of ether oxygens (including phenoxy) is 1. The molecule has 0 spiro atoms. The van der Waals surface area contributed by atoms with Crippen LogP contribution in [-0.4, -0.2) is 55.0 Å². The number of aromatic nitrogens is 6. The fraction of sp³-hybridized carbons (Fsp3) is 0.552. The zero-order valence-electron chi connectivity index (χ0n) is 22.7. The molecule has 1 aliphatic heterocycles. The van der Waals surface area contributed by atoms with Gasteiger partial charge in [-0.05, 0) is 56.1 Å². The maximum absolute atomic E-state index is 11.8. The van der Waals surface area contributed by atoms with Gasteiger partial charge in [0.15, 0.2) is 0 Å². The van der Waals surface area contributed by atoms with Crippen molar-refractivity contribution < 1.29 is 9.26 Å². The molecule has 11 heteroatoms. The number of imidazole rings is 1. The number of nitrogens with zero attached hydrogens (tertiary/aromatic N) is 6. The van der Waals surface area contributed by atoms with Crippen LogP contribution in [0.1, 0.15) is 58.3 Å². The Balaban J connectivity index is 1.42. The number of morpholine rings is 1. The SMILES string of the molecule is CCC1CCC(Cn2c(N3CCO[C@@H]4CCC[C@H]43)nc3cc(-c4noc(=O)[nH]4)nc(-c4cncc(Cl)c4)c32)CC1. The zero-order valence-corrected chi connectivity index (χ0v) is 23.4. The number of hydrogen-bond acceptors (Lipinski definition) is 8. The molecule has 3 fully saturated rings. The van der Waals surface area contributed by atoms with E-state index in [-0.39, 0.29) is 11.9 Å². The average molecular weight is 564 g/mol. The highest BCUT2D eigenvalue weighted by Gasteiger charge is 2.39. The van der Waals surface area contributed by atoms with Crippen molar-refractivity contribution in [3.63, 3.8) is 0 Å². The second-order valence-electron chi connectivity index (χ2n) is 11.5. The van der Waals surface area contributed by atoms with E-state index in [2.05, 4.69) is 31.5 Å². The first-order valence-corrected chi connectivity index (χ1v) is 14.9. The zero-order chi connectivity index (χ0) is 27.2. The van der Waals surface area contributed by atoms with Gasteiger partial charge in [0, 0.05) is 31.0 Å². The molecule has 1 N–H and O–H groups in total. The number of pyridine rings is 2. The van der Waals surface area contributed by atoms with E-state index in [4.69, 9.17) is 30.8 Å². The third-order valence-corrected chi connectivity index (χ3v) is 9.30. The summed E-state index contributed by atoms with van der Waals surface area (Å²) in [5.74, 6) is 2.00. The molecular formula is C29H34ClN7O3. The normalized spacial score (nSPS) is 25.0. The van der Waals surface area contributed by atoms with Crippen molar-refractivity contribution in [1.82, 2.24) is 29.7 Å². The van der Waals surface area contributed by atoms with E-state index in [1.807, 2.05) is 12.1 Å². The van der Waals surface area contributed by atoms with Gasteiger partial charge in [-0.1, -0.05) is 42.9 Å². The molecule has 2 saturated carbocycles. The highest BCUT2D eigenvalue weighted by atomic mass is 35.5. The summed E-state index contributed by atoms with van der Waals surface area (Å²) in [7, 11) is 0. The van der Waals surface area contributed by atoms with Gasteiger partial charge in [-0.25, -0.2) is 14.8 Å². The maximum atomic E-state index is 11.8. The summed E-state index contributed by atoms with van der Waals surface area (Å²) >= 11 is 6.41. The van der Waals surface area contributed by atoms with Gasteiger partial charge in [-0.3, -0.25) is 14.5 Å². The number of H-pyrrole nitrogens is 1. The number of anilines is 1. The summed E-state index contributed by atoms with van der Waals surface area (Å²) in [5, 5.41) is 4.43. The van der Waals surface area contributed by atoms with E-state index in [1.54, 1.807) is 12.4 Å². The fourth-order valence-corrected chi connectivity index (χ4v) is 7.17. The van der Waals surface area contributed by atoms with Crippen LogP contribution in [-0.2, 0) is 11.3 Å². The van der Waals surface area contributed by atoms with Crippen molar-refractivity contribution in [2.24, 2.45) is 11.8 Å². The number of aromatic amines is 1. The summed E-state index contributed by atoms with van der Waals surface area (Å²) < 4.78 is 13.4. The summed E-state index contributed by atoms with van der Waals surface area (Å²) in [4.78, 5) is 31.5. The molecule has 0 aromatic carbocycles. The molecule has 1 saturated heterocycles. The lowest BCUT2D eigenvalue weighted by Crippen LogP contribution is -2.49. The number of halogens is 1. The molecule has 0 radical (unpaired) electrons. The third kappa shape index (κ3) is 4.71. The van der Waals surface area contributed by atoms with Gasteiger partial charge in [0.25, 0.3) is 0 Å². The van der Waals surface area contributed by atoms with Crippen LogP contribution in [0, 0.1) is 11.8 Å². The summed E-state index contributed by atoms with van der Waals surface area (Å²) in [5.41, 5.74) is 3.72. The molecule has 10 nitrogen and oxygen atoms in total. The first kappa shape index (κ1) is 25.7. The predicted molar refractivity (Wildman–Crippen MR) is 152 cm³/mol. The Morgan fingerprint density at radius 2 is 1.93 bits per heavy atom. The molecule has 40 heavy (non-hydrogen) atoms. The Labute approximate surface area is 237 Å². The van der Waals surface area contributed by atoms with E-state index >= 15 is 0 Å². The van der Waals surface area contributed by atoms with Crippen molar-refractivity contribution in [2.75, 3.05) is 18.1 Å². The second-order valence-corrected chi connectivity index (χ2v) is 11.9. The van der Waals surface area contributed by atoms with Gasteiger partial charge in [-0.15, -0.1) is 0 Å². The van der Waals surface area contributed by atoms with E-state index in [0.717, 1.165) is 60.8 Å². The highest BCUT2D eigenvalue weighted by molar-refractivity contribution is 6.30. The molecule has 7 rings (SSSR count). The number of nitrogens with one attached hydrogen (secondary N) is 1. The van der Waals surface area contributed by atoms with Crippen LogP contribution in [0.4, 0.5) is 5.95 Å². The van der Waals surface area contributed by atoms with Crippen molar-refractivity contribution in [2.45, 2.75) is 77.0 Å². The Morgan fingerprint density at radius 1 is 1.07 bits per heavy atom. The van der Waals surface area contributed by atoms with Crippen LogP contribution in [0.5, 0.6) is 0 Å². The monoisotopic (exact) mass is 563 g/mol. The van der Waals surface area contributed by atoms with Crippen LogP contribution >= 0.6 is 11.6 Å². The van der Waals surface area contributed by atoms with E-state index < -0.39 is 5.76 Å². The molecule has 2 aliphatic carbocycles. The van der Waals surface area contributed by atoms with Gasteiger partial charge < -0.3 is 14.2 Å². The quantitative estimate of drug-likeness (QED) is 0.329. The molecule has 2 atom stereocenters. The summed E-state index contributed by atoms with van der Waals surface area (Å²) in [6.07, 6.45) is 13.2. The summed E-state index contributed by atoms with van der Waals surface area (Å²) in [6.45, 7) is 4.68. The minimum absolute atomic E-state index is 0.243. The molecular weight excluding hydrogens is 530 g/mol. The van der Waals surface area contributed by atoms with Crippen LogP contribution in [0.3, 0.4) is 0 Å². The first-order chi connectivity index (χ1) is 19.6. The first-order valence-electron chi connectivity index (χ1n) is 14.5. The van der Waals surface area contributed by atoms with E-state index in [9.17, 15) is 4.79 Å². The highest BCUT2D eigenvalue weighted by Crippen LogP contribution is 2.40. The van der Waals surface area contributed by atoms with Crippen molar-refractivity contribution in [1.29, 1.82) is 0 Å². The fourth-order valence-electron chi connectivity index (χ4n) is 7.00. The van der Waals surface area contributed by atoms with Crippen molar-refractivity contribution in [3.8, 4) is 22.8 Å². The molecule has 0 unspecified atom stereocenters. The van der Waals surface area contributed by atoms with Crippen molar-refractivity contribution >= 4 is 28.6 Å². The lowest BCUT2D eigenvalue weighted by molar-refractivity contribution is 0.0247. The Hall–Kier alpha value is -3.24. The molecule has 210 valence electrons. The Kier molecular flexibility index (Phi) is 6.83. The number of fused-ring (bicyclic) bond motifs is 2. The maximum Gasteiger partial charge on any atom is 0.439 e. The Bertz CT molecular complexity index is 1570. The minimum Gasteiger partial charge on any atom is -0.374 e.